The van der Waals surface area contributed by atoms with Crippen molar-refractivity contribution in [2.24, 2.45) is 0 Å². The average Bonchev–Trinajstić information content (AvgIpc) is 2.79. The Morgan fingerprint density at radius 2 is 2.06 bits per heavy atom. The van der Waals surface area contributed by atoms with E-state index in [0.29, 0.717) is 5.25 Å². The molecule has 1 unspecified atom stereocenters. The van der Waals surface area contributed by atoms with Gasteiger partial charge in [0.1, 0.15) is 5.82 Å². The van der Waals surface area contributed by atoms with Gasteiger partial charge in [-0.15, -0.1) is 23.5 Å². The highest BCUT2D eigenvalue weighted by Gasteiger charge is 2.21. The molecule has 1 aliphatic heterocycles. The molecule has 0 bridgehead atoms. The maximum absolute atomic E-state index is 13.1. The normalized spacial score (nSPS) is 17.7. The summed E-state index contributed by atoms with van der Waals surface area (Å²) in [7, 11) is 0. The Morgan fingerprint density at radius 3 is 2.89 bits per heavy atom. The van der Waals surface area contributed by atoms with Crippen LogP contribution < -0.4 is 0 Å². The molecule has 0 nitrogen and oxygen atoms in total. The van der Waals surface area contributed by atoms with E-state index in [9.17, 15) is 4.39 Å². The van der Waals surface area contributed by atoms with Crippen LogP contribution in [0.4, 0.5) is 4.39 Å². The molecule has 0 N–H and O–H groups in total. The Hall–Kier alpha value is -0.930. The van der Waals surface area contributed by atoms with Gasteiger partial charge in [-0.1, -0.05) is 24.3 Å². The molecule has 0 amide bonds. The molecule has 0 aromatic heterocycles. The molecule has 0 spiro atoms. The monoisotopic (exact) mass is 276 g/mol. The van der Waals surface area contributed by atoms with Gasteiger partial charge in [0.05, 0.1) is 0 Å². The van der Waals surface area contributed by atoms with Crippen molar-refractivity contribution in [1.82, 2.24) is 0 Å². The summed E-state index contributed by atoms with van der Waals surface area (Å²) in [5.74, 6) is 0.880. The fourth-order valence-corrected chi connectivity index (χ4v) is 4.52. The summed E-state index contributed by atoms with van der Waals surface area (Å²) in [6.07, 6.45) is 1.13. The zero-order chi connectivity index (χ0) is 12.4. The van der Waals surface area contributed by atoms with Crippen LogP contribution in [0, 0.1) is 5.82 Å². The van der Waals surface area contributed by atoms with Crippen LogP contribution in [0.5, 0.6) is 0 Å². The summed E-state index contributed by atoms with van der Waals surface area (Å²) in [5.41, 5.74) is 1.45. The summed E-state index contributed by atoms with van der Waals surface area (Å²) in [4.78, 5) is 2.42. The Bertz CT molecular complexity index is 529. The van der Waals surface area contributed by atoms with Crippen LogP contribution in [0.2, 0.25) is 0 Å². The number of benzene rings is 2. The van der Waals surface area contributed by atoms with Gasteiger partial charge in [-0.05, 0) is 36.2 Å². The van der Waals surface area contributed by atoms with Crippen molar-refractivity contribution in [3.05, 3.63) is 59.9 Å². The van der Waals surface area contributed by atoms with Crippen LogP contribution in [0.3, 0.4) is 0 Å². The van der Waals surface area contributed by atoms with E-state index >= 15 is 0 Å². The molecule has 0 saturated carbocycles. The lowest BCUT2D eigenvalue weighted by molar-refractivity contribution is 0.624. The van der Waals surface area contributed by atoms with Crippen molar-refractivity contribution in [1.29, 1.82) is 0 Å². The zero-order valence-electron chi connectivity index (χ0n) is 9.80. The van der Waals surface area contributed by atoms with Gasteiger partial charge in [-0.3, -0.25) is 0 Å². The number of hydrogen-bond donors (Lipinski definition) is 0. The first-order chi connectivity index (χ1) is 8.81. The van der Waals surface area contributed by atoms with Crippen LogP contribution >= 0.6 is 23.5 Å². The number of thioether (sulfide) groups is 2. The van der Waals surface area contributed by atoms with Crippen molar-refractivity contribution >= 4 is 23.5 Å². The summed E-state index contributed by atoms with van der Waals surface area (Å²) in [6, 6.07) is 15.4. The smallest absolute Gasteiger partial charge is 0.124 e. The van der Waals surface area contributed by atoms with Gasteiger partial charge in [0.25, 0.3) is 0 Å². The first-order valence-corrected chi connectivity index (χ1v) is 7.81. The van der Waals surface area contributed by atoms with Gasteiger partial charge >= 0.3 is 0 Å². The van der Waals surface area contributed by atoms with Crippen molar-refractivity contribution in [2.45, 2.75) is 21.5 Å². The molecule has 1 heterocycles. The third-order valence-electron chi connectivity index (χ3n) is 2.95. The minimum atomic E-state index is -0.151. The molecule has 0 fully saturated rings. The third-order valence-corrected chi connectivity index (χ3v) is 5.63. The predicted molar refractivity (Wildman–Crippen MR) is 76.9 cm³/mol. The molecular formula is C15H13FS2. The maximum atomic E-state index is 13.1. The van der Waals surface area contributed by atoms with E-state index in [0.717, 1.165) is 17.1 Å². The number of rotatable bonds is 3. The lowest BCUT2D eigenvalue weighted by Crippen LogP contribution is -2.03. The first-order valence-electron chi connectivity index (χ1n) is 5.94. The second kappa shape index (κ2) is 5.37. The van der Waals surface area contributed by atoms with Crippen LogP contribution in [0.25, 0.3) is 0 Å². The lowest BCUT2D eigenvalue weighted by Gasteiger charge is -2.07. The minimum Gasteiger partial charge on any atom is -0.207 e. The van der Waals surface area contributed by atoms with E-state index < -0.39 is 0 Å². The van der Waals surface area contributed by atoms with E-state index in [4.69, 9.17) is 0 Å². The topological polar surface area (TPSA) is 0 Å². The quantitative estimate of drug-likeness (QED) is 0.749. The second-order valence-electron chi connectivity index (χ2n) is 4.32. The molecular weight excluding hydrogens is 263 g/mol. The number of halogens is 1. The number of fused-ring (bicyclic) bond motifs is 1. The molecule has 0 aliphatic carbocycles. The van der Waals surface area contributed by atoms with Gasteiger partial charge in [-0.2, -0.15) is 0 Å². The molecule has 92 valence electrons. The first kappa shape index (κ1) is 12.1. The van der Waals surface area contributed by atoms with Gasteiger partial charge in [0.15, 0.2) is 0 Å². The SMILES string of the molecule is Fc1cccc(SCC2Cc3ccccc3S2)c1. The van der Waals surface area contributed by atoms with Crippen molar-refractivity contribution < 1.29 is 4.39 Å². The number of hydrogen-bond acceptors (Lipinski definition) is 2. The molecule has 1 aliphatic rings. The van der Waals surface area contributed by atoms with Crippen LogP contribution in [-0.2, 0) is 6.42 Å². The van der Waals surface area contributed by atoms with Crippen LogP contribution in [0.15, 0.2) is 58.3 Å². The molecule has 0 radical (unpaired) electrons. The molecule has 3 heteroatoms. The molecule has 18 heavy (non-hydrogen) atoms. The van der Waals surface area contributed by atoms with E-state index in [1.165, 1.54) is 16.5 Å². The molecule has 0 saturated heterocycles. The minimum absolute atomic E-state index is 0.151. The van der Waals surface area contributed by atoms with Gasteiger partial charge in [0, 0.05) is 20.8 Å². The van der Waals surface area contributed by atoms with Crippen molar-refractivity contribution in [3.8, 4) is 0 Å². The van der Waals surface area contributed by atoms with Gasteiger partial charge in [-0.25, -0.2) is 4.39 Å². The van der Waals surface area contributed by atoms with Gasteiger partial charge < -0.3 is 0 Å². The van der Waals surface area contributed by atoms with Gasteiger partial charge in [0.2, 0.25) is 0 Å². The summed E-state index contributed by atoms with van der Waals surface area (Å²) in [6.45, 7) is 0. The zero-order valence-corrected chi connectivity index (χ0v) is 11.4. The van der Waals surface area contributed by atoms with E-state index in [2.05, 4.69) is 24.3 Å². The largest absolute Gasteiger partial charge is 0.207 e. The summed E-state index contributed by atoms with van der Waals surface area (Å²) < 4.78 is 13.1. The van der Waals surface area contributed by atoms with E-state index in [-0.39, 0.29) is 5.82 Å². The third kappa shape index (κ3) is 2.73. The Morgan fingerprint density at radius 1 is 1.17 bits per heavy atom. The van der Waals surface area contributed by atoms with E-state index in [1.54, 1.807) is 23.9 Å². The Kier molecular flexibility index (Phi) is 3.62. The standard InChI is InChI=1S/C15H13FS2/c16-12-5-3-6-13(9-12)17-10-14-8-11-4-1-2-7-15(11)18-14/h1-7,9,14H,8,10H2. The highest BCUT2D eigenvalue weighted by Crippen LogP contribution is 2.39. The Labute approximate surface area is 115 Å². The van der Waals surface area contributed by atoms with Crippen molar-refractivity contribution in [2.75, 3.05) is 5.75 Å². The lowest BCUT2D eigenvalue weighted by atomic mass is 10.1. The van der Waals surface area contributed by atoms with Crippen molar-refractivity contribution in [3.63, 3.8) is 0 Å². The molecule has 3 rings (SSSR count). The molecule has 2 aromatic carbocycles. The molecule has 2 aromatic rings. The van der Waals surface area contributed by atoms with E-state index in [1.807, 2.05) is 17.8 Å². The maximum Gasteiger partial charge on any atom is 0.124 e. The summed E-state index contributed by atoms with van der Waals surface area (Å²) >= 11 is 3.69. The highest BCUT2D eigenvalue weighted by atomic mass is 32.2. The highest BCUT2D eigenvalue weighted by molar-refractivity contribution is 8.03. The predicted octanol–water partition coefficient (Wildman–Crippen LogP) is 4.63. The summed E-state index contributed by atoms with van der Waals surface area (Å²) in [5, 5.41) is 0.607. The average molecular weight is 276 g/mol. The Balaban J connectivity index is 1.60. The van der Waals surface area contributed by atoms with Crippen LogP contribution in [-0.4, -0.2) is 11.0 Å². The second-order valence-corrected chi connectivity index (χ2v) is 6.76. The van der Waals surface area contributed by atoms with Crippen LogP contribution in [0.1, 0.15) is 5.56 Å². The fraction of sp³-hybridized carbons (Fsp3) is 0.200. The molecule has 1 atom stereocenters. The fourth-order valence-electron chi connectivity index (χ4n) is 2.09.